The van der Waals surface area contributed by atoms with Crippen molar-refractivity contribution in [1.29, 1.82) is 0 Å². The Balaban J connectivity index is 2.07. The lowest BCUT2D eigenvalue weighted by molar-refractivity contribution is 0.102. The maximum absolute atomic E-state index is 11.9. The third kappa shape index (κ3) is 3.45. The number of phenolic OH excluding ortho intramolecular Hbond substituents is 2. The van der Waals surface area contributed by atoms with Gasteiger partial charge >= 0.3 is 0 Å². The average Bonchev–Trinajstić information content (AvgIpc) is 2.79. The third-order valence-corrected chi connectivity index (χ3v) is 3.37. The molecule has 0 bridgehead atoms. The van der Waals surface area contributed by atoms with E-state index in [0.29, 0.717) is 11.0 Å². The van der Waals surface area contributed by atoms with Gasteiger partial charge < -0.3 is 10.2 Å². The number of benzene rings is 1. The Morgan fingerprint density at radius 2 is 2.05 bits per heavy atom. The molecule has 1 aromatic carbocycles. The molecule has 0 unspecified atom stereocenters. The Bertz CT molecular complexity index is 625. The van der Waals surface area contributed by atoms with Crippen LogP contribution >= 0.6 is 11.3 Å². The molecule has 0 atom stereocenters. The van der Waals surface area contributed by atoms with Crippen LogP contribution in [0.25, 0.3) is 0 Å². The van der Waals surface area contributed by atoms with E-state index >= 15 is 0 Å². The van der Waals surface area contributed by atoms with Crippen molar-refractivity contribution in [2.75, 3.05) is 5.32 Å². The Morgan fingerprint density at radius 3 is 2.70 bits per heavy atom. The molecule has 1 heterocycles. The van der Waals surface area contributed by atoms with Crippen LogP contribution in [0.1, 0.15) is 29.2 Å². The molecule has 0 aliphatic rings. The molecule has 6 nitrogen and oxygen atoms in total. The van der Waals surface area contributed by atoms with Crippen molar-refractivity contribution in [3.63, 3.8) is 0 Å². The lowest BCUT2D eigenvalue weighted by Gasteiger charge is -2.03. The zero-order valence-corrected chi connectivity index (χ0v) is 11.9. The number of rotatable bonds is 4. The molecule has 2 rings (SSSR count). The third-order valence-electron chi connectivity index (χ3n) is 2.51. The van der Waals surface area contributed by atoms with E-state index in [9.17, 15) is 15.0 Å². The second kappa shape index (κ2) is 5.87. The highest BCUT2D eigenvalue weighted by atomic mass is 32.1. The molecule has 106 valence electrons. The Kier molecular flexibility index (Phi) is 4.19. The van der Waals surface area contributed by atoms with Gasteiger partial charge in [-0.2, -0.15) is 0 Å². The topological polar surface area (TPSA) is 95.3 Å². The zero-order valence-electron chi connectivity index (χ0n) is 11.1. The van der Waals surface area contributed by atoms with Gasteiger partial charge in [-0.15, -0.1) is 10.2 Å². The highest BCUT2D eigenvalue weighted by Gasteiger charge is 2.12. The van der Waals surface area contributed by atoms with Crippen LogP contribution in [0.15, 0.2) is 18.2 Å². The fourth-order valence-electron chi connectivity index (χ4n) is 1.57. The van der Waals surface area contributed by atoms with Crippen LogP contribution in [0.5, 0.6) is 11.5 Å². The summed E-state index contributed by atoms with van der Waals surface area (Å²) in [6.45, 7) is 4.16. The number of aromatic nitrogens is 2. The lowest BCUT2D eigenvalue weighted by Crippen LogP contribution is -2.11. The summed E-state index contributed by atoms with van der Waals surface area (Å²) >= 11 is 1.33. The van der Waals surface area contributed by atoms with Gasteiger partial charge in [-0.3, -0.25) is 10.1 Å². The molecule has 0 spiro atoms. The molecule has 7 heteroatoms. The summed E-state index contributed by atoms with van der Waals surface area (Å²) in [6, 6.07) is 3.87. The number of nitrogens with one attached hydrogen (secondary N) is 1. The maximum Gasteiger partial charge on any atom is 0.257 e. The van der Waals surface area contributed by atoms with Crippen molar-refractivity contribution >= 4 is 22.4 Å². The van der Waals surface area contributed by atoms with E-state index in [1.165, 1.54) is 29.5 Å². The van der Waals surface area contributed by atoms with Gasteiger partial charge in [-0.1, -0.05) is 25.2 Å². The fraction of sp³-hybridized carbons (Fsp3) is 0.308. The normalized spacial score (nSPS) is 10.8. The smallest absolute Gasteiger partial charge is 0.257 e. The van der Waals surface area contributed by atoms with Crippen molar-refractivity contribution < 1.29 is 15.0 Å². The number of phenols is 2. The standard InChI is InChI=1S/C13H15N3O3S/c1-7(2)5-11-15-16-13(20-11)14-12(19)8-3-4-9(17)10(18)6-8/h3-4,6-7,17-18H,5H2,1-2H3,(H,14,16,19). The van der Waals surface area contributed by atoms with Crippen LogP contribution in [0.4, 0.5) is 5.13 Å². The Labute approximate surface area is 120 Å². The van der Waals surface area contributed by atoms with Crippen LogP contribution in [0.3, 0.4) is 0 Å². The van der Waals surface area contributed by atoms with Crippen LogP contribution < -0.4 is 5.32 Å². The van der Waals surface area contributed by atoms with Crippen LogP contribution in [-0.2, 0) is 6.42 Å². The molecular formula is C13H15N3O3S. The van der Waals surface area contributed by atoms with Crippen LogP contribution in [0, 0.1) is 5.92 Å². The van der Waals surface area contributed by atoms with Gasteiger partial charge in [0.15, 0.2) is 11.5 Å². The van der Waals surface area contributed by atoms with Gasteiger partial charge in [0.1, 0.15) is 5.01 Å². The zero-order chi connectivity index (χ0) is 14.7. The molecule has 20 heavy (non-hydrogen) atoms. The summed E-state index contributed by atoms with van der Waals surface area (Å²) < 4.78 is 0. The highest BCUT2D eigenvalue weighted by Crippen LogP contribution is 2.25. The molecule has 1 amide bonds. The van der Waals surface area contributed by atoms with Crippen molar-refractivity contribution in [3.05, 3.63) is 28.8 Å². The molecule has 0 saturated carbocycles. The molecule has 0 aliphatic carbocycles. The summed E-state index contributed by atoms with van der Waals surface area (Å²) in [5.41, 5.74) is 0.237. The number of hydrogen-bond donors (Lipinski definition) is 3. The largest absolute Gasteiger partial charge is 0.504 e. The second-order valence-electron chi connectivity index (χ2n) is 4.76. The van der Waals surface area contributed by atoms with Gasteiger partial charge in [0.05, 0.1) is 0 Å². The van der Waals surface area contributed by atoms with Gasteiger partial charge in [0, 0.05) is 12.0 Å². The summed E-state index contributed by atoms with van der Waals surface area (Å²) in [4.78, 5) is 11.9. The van der Waals surface area contributed by atoms with Gasteiger partial charge in [-0.25, -0.2) is 0 Å². The number of amides is 1. The number of anilines is 1. The molecule has 3 N–H and O–H groups in total. The number of aromatic hydroxyl groups is 2. The van der Waals surface area contributed by atoms with Gasteiger partial charge in [-0.05, 0) is 24.1 Å². The molecule has 1 aromatic heterocycles. The predicted octanol–water partition coefficient (Wildman–Crippen LogP) is 2.40. The van der Waals surface area contributed by atoms with E-state index in [1.54, 1.807) is 0 Å². The quantitative estimate of drug-likeness (QED) is 0.752. The predicted molar refractivity (Wildman–Crippen MR) is 76.2 cm³/mol. The van der Waals surface area contributed by atoms with Crippen LogP contribution in [0.2, 0.25) is 0 Å². The summed E-state index contributed by atoms with van der Waals surface area (Å²) in [5, 5.41) is 30.4. The Hall–Kier alpha value is -2.15. The second-order valence-corrected chi connectivity index (χ2v) is 5.82. The fourth-order valence-corrected chi connectivity index (χ4v) is 2.52. The van der Waals surface area contributed by atoms with Crippen molar-refractivity contribution in [2.24, 2.45) is 5.92 Å². The van der Waals surface area contributed by atoms with Crippen LogP contribution in [-0.4, -0.2) is 26.3 Å². The number of hydrogen-bond acceptors (Lipinski definition) is 6. The minimum atomic E-state index is -0.410. The molecule has 2 aromatic rings. The van der Waals surface area contributed by atoms with Gasteiger partial charge in [0.2, 0.25) is 5.13 Å². The first-order chi connectivity index (χ1) is 9.45. The van der Waals surface area contributed by atoms with Gasteiger partial charge in [0.25, 0.3) is 5.91 Å². The maximum atomic E-state index is 11.9. The van der Waals surface area contributed by atoms with E-state index in [-0.39, 0.29) is 17.1 Å². The first kappa shape index (κ1) is 14.3. The summed E-state index contributed by atoms with van der Waals surface area (Å²) in [6.07, 6.45) is 0.813. The molecule has 0 aliphatic heterocycles. The Morgan fingerprint density at radius 1 is 1.30 bits per heavy atom. The average molecular weight is 293 g/mol. The van der Waals surface area contributed by atoms with E-state index in [4.69, 9.17) is 0 Å². The lowest BCUT2D eigenvalue weighted by atomic mass is 10.1. The molecule has 0 radical (unpaired) electrons. The number of carbonyl (C=O) groups excluding carboxylic acids is 1. The van der Waals surface area contributed by atoms with E-state index in [0.717, 1.165) is 11.4 Å². The highest BCUT2D eigenvalue weighted by molar-refractivity contribution is 7.15. The molecular weight excluding hydrogens is 278 g/mol. The first-order valence-corrected chi connectivity index (χ1v) is 6.93. The van der Waals surface area contributed by atoms with E-state index < -0.39 is 5.91 Å². The minimum absolute atomic E-state index is 0.237. The molecule has 0 fully saturated rings. The first-order valence-electron chi connectivity index (χ1n) is 6.11. The van der Waals surface area contributed by atoms with E-state index in [1.807, 2.05) is 0 Å². The summed E-state index contributed by atoms with van der Waals surface area (Å²) in [5.74, 6) is -0.541. The minimum Gasteiger partial charge on any atom is -0.504 e. The van der Waals surface area contributed by atoms with Crippen molar-refractivity contribution in [1.82, 2.24) is 10.2 Å². The SMILES string of the molecule is CC(C)Cc1nnc(NC(=O)c2ccc(O)c(O)c2)s1. The molecule has 0 saturated heterocycles. The monoisotopic (exact) mass is 293 g/mol. The number of nitrogens with zero attached hydrogens (tertiary/aromatic N) is 2. The van der Waals surface area contributed by atoms with E-state index in [2.05, 4.69) is 29.4 Å². The summed E-state index contributed by atoms with van der Waals surface area (Å²) in [7, 11) is 0. The van der Waals surface area contributed by atoms with Crippen molar-refractivity contribution in [2.45, 2.75) is 20.3 Å². The van der Waals surface area contributed by atoms with Crippen molar-refractivity contribution in [3.8, 4) is 11.5 Å². The number of carbonyl (C=O) groups is 1.